The fourth-order valence-corrected chi connectivity index (χ4v) is 3.71. The molecule has 2 aromatic rings. The first kappa shape index (κ1) is 23.3. The average molecular weight is 431 g/mol. The highest BCUT2D eigenvalue weighted by Crippen LogP contribution is 2.32. The van der Waals surface area contributed by atoms with E-state index < -0.39 is 17.9 Å². The molecule has 30 heavy (non-hydrogen) atoms. The minimum atomic E-state index is -0.787. The summed E-state index contributed by atoms with van der Waals surface area (Å²) in [5.41, 5.74) is 6.04. The molecule has 0 aromatic heterocycles. The SMILES string of the molecule is COc1ccc(OC)c(C(=O)Sc2ccccc2C(=O)N[C@@H](CC(C)C)C(N)=O)c1. The Morgan fingerprint density at radius 2 is 1.73 bits per heavy atom. The van der Waals surface area contributed by atoms with Crippen molar-refractivity contribution < 1.29 is 23.9 Å². The molecule has 0 aliphatic carbocycles. The van der Waals surface area contributed by atoms with Crippen LogP contribution in [0.15, 0.2) is 47.4 Å². The molecule has 0 heterocycles. The zero-order valence-electron chi connectivity index (χ0n) is 17.4. The minimum absolute atomic E-state index is 0.175. The third-order valence-electron chi connectivity index (χ3n) is 4.32. The zero-order chi connectivity index (χ0) is 22.3. The van der Waals surface area contributed by atoms with Crippen LogP contribution in [0.2, 0.25) is 0 Å². The summed E-state index contributed by atoms with van der Waals surface area (Å²) >= 11 is 0.898. The van der Waals surface area contributed by atoms with Crippen molar-refractivity contribution in [3.63, 3.8) is 0 Å². The molecule has 2 rings (SSSR count). The Bertz CT molecular complexity index is 929. The standard InChI is InChI=1S/C22H26N2O5S/c1-13(2)11-17(20(23)25)24-21(26)15-7-5-6-8-19(15)30-22(27)16-12-14(28-3)9-10-18(16)29-4/h5-10,12-13,17H,11H2,1-4H3,(H2,23,25)(H,24,26)/t17-/m0/s1. The molecule has 0 radical (unpaired) electrons. The Morgan fingerprint density at radius 3 is 2.33 bits per heavy atom. The summed E-state index contributed by atoms with van der Waals surface area (Å²) in [6, 6.07) is 10.8. The average Bonchev–Trinajstić information content (AvgIpc) is 2.72. The fraction of sp³-hybridized carbons (Fsp3) is 0.318. The van der Waals surface area contributed by atoms with Crippen molar-refractivity contribution in [1.82, 2.24) is 5.32 Å². The number of carbonyl (C=O) groups excluding carboxylic acids is 3. The van der Waals surface area contributed by atoms with Crippen LogP contribution in [0, 0.1) is 5.92 Å². The van der Waals surface area contributed by atoms with Gasteiger partial charge in [-0.3, -0.25) is 14.4 Å². The van der Waals surface area contributed by atoms with Crippen LogP contribution in [0.25, 0.3) is 0 Å². The summed E-state index contributed by atoms with van der Waals surface area (Å²) in [7, 11) is 2.98. The summed E-state index contributed by atoms with van der Waals surface area (Å²) in [5.74, 6) is 0.0339. The molecule has 0 bridgehead atoms. The minimum Gasteiger partial charge on any atom is -0.497 e. The van der Waals surface area contributed by atoms with E-state index in [1.165, 1.54) is 14.2 Å². The highest BCUT2D eigenvalue weighted by molar-refractivity contribution is 8.14. The van der Waals surface area contributed by atoms with Crippen molar-refractivity contribution in [2.24, 2.45) is 11.7 Å². The zero-order valence-corrected chi connectivity index (χ0v) is 18.2. The third kappa shape index (κ3) is 6.00. The van der Waals surface area contributed by atoms with Gasteiger partial charge in [-0.05, 0) is 54.4 Å². The van der Waals surface area contributed by atoms with Gasteiger partial charge in [0.1, 0.15) is 17.5 Å². The second-order valence-electron chi connectivity index (χ2n) is 7.01. The van der Waals surface area contributed by atoms with Crippen LogP contribution >= 0.6 is 11.8 Å². The number of nitrogens with two attached hydrogens (primary N) is 1. The number of hydrogen-bond donors (Lipinski definition) is 2. The van der Waals surface area contributed by atoms with E-state index in [1.54, 1.807) is 42.5 Å². The van der Waals surface area contributed by atoms with E-state index in [1.807, 2.05) is 13.8 Å². The second kappa shape index (κ2) is 10.7. The van der Waals surface area contributed by atoms with Crippen molar-refractivity contribution in [2.45, 2.75) is 31.2 Å². The Labute approximate surface area is 180 Å². The summed E-state index contributed by atoms with van der Waals surface area (Å²) in [5, 5.41) is 2.37. The third-order valence-corrected chi connectivity index (χ3v) is 5.30. The van der Waals surface area contributed by atoms with E-state index in [9.17, 15) is 14.4 Å². The van der Waals surface area contributed by atoms with Crippen molar-refractivity contribution in [3.05, 3.63) is 53.6 Å². The first-order chi connectivity index (χ1) is 14.3. The summed E-state index contributed by atoms with van der Waals surface area (Å²) in [6.07, 6.45) is 0.427. The number of methoxy groups -OCH3 is 2. The largest absolute Gasteiger partial charge is 0.497 e. The Hall–Kier alpha value is -3.00. The smallest absolute Gasteiger partial charge is 0.253 e. The van der Waals surface area contributed by atoms with E-state index in [0.29, 0.717) is 28.4 Å². The molecule has 1 atom stereocenters. The fourth-order valence-electron chi connectivity index (χ4n) is 2.83. The molecule has 0 saturated carbocycles. The molecule has 8 heteroatoms. The molecule has 0 aliphatic heterocycles. The summed E-state index contributed by atoms with van der Waals surface area (Å²) in [6.45, 7) is 3.87. The maximum atomic E-state index is 12.9. The van der Waals surface area contributed by atoms with Gasteiger partial charge in [-0.1, -0.05) is 26.0 Å². The molecule has 3 N–H and O–H groups in total. The van der Waals surface area contributed by atoms with Gasteiger partial charge in [0.25, 0.3) is 5.91 Å². The van der Waals surface area contributed by atoms with Crippen LogP contribution in [-0.4, -0.2) is 37.2 Å². The van der Waals surface area contributed by atoms with Crippen molar-refractivity contribution in [1.29, 1.82) is 0 Å². The van der Waals surface area contributed by atoms with Gasteiger partial charge in [-0.15, -0.1) is 0 Å². The Kier molecular flexibility index (Phi) is 8.29. The molecule has 2 amide bonds. The van der Waals surface area contributed by atoms with Gasteiger partial charge in [-0.25, -0.2) is 0 Å². The Morgan fingerprint density at radius 1 is 1.03 bits per heavy atom. The van der Waals surface area contributed by atoms with Crippen LogP contribution in [0.5, 0.6) is 11.5 Å². The first-order valence-corrected chi connectivity index (χ1v) is 10.2. The molecule has 0 aliphatic rings. The van der Waals surface area contributed by atoms with Gasteiger partial charge in [0.05, 0.1) is 25.3 Å². The highest BCUT2D eigenvalue weighted by atomic mass is 32.2. The number of primary amides is 1. The molecule has 0 fully saturated rings. The number of carbonyl (C=O) groups is 3. The monoisotopic (exact) mass is 430 g/mol. The molecule has 2 aromatic carbocycles. The lowest BCUT2D eigenvalue weighted by Gasteiger charge is -2.18. The van der Waals surface area contributed by atoms with Crippen LogP contribution in [0.3, 0.4) is 0 Å². The van der Waals surface area contributed by atoms with E-state index in [-0.39, 0.29) is 16.6 Å². The number of amides is 2. The van der Waals surface area contributed by atoms with Gasteiger partial charge in [-0.2, -0.15) is 0 Å². The van der Waals surface area contributed by atoms with Gasteiger partial charge in [0.15, 0.2) is 0 Å². The van der Waals surface area contributed by atoms with Gasteiger partial charge < -0.3 is 20.5 Å². The maximum Gasteiger partial charge on any atom is 0.253 e. The van der Waals surface area contributed by atoms with Crippen LogP contribution in [-0.2, 0) is 4.79 Å². The van der Waals surface area contributed by atoms with Gasteiger partial charge >= 0.3 is 0 Å². The molecular weight excluding hydrogens is 404 g/mol. The number of ether oxygens (including phenoxy) is 2. The molecule has 7 nitrogen and oxygen atoms in total. The topological polar surface area (TPSA) is 108 Å². The maximum absolute atomic E-state index is 12.9. The molecule has 160 valence electrons. The van der Waals surface area contributed by atoms with Crippen molar-refractivity contribution >= 4 is 28.7 Å². The predicted molar refractivity (Wildman–Crippen MR) is 116 cm³/mol. The lowest BCUT2D eigenvalue weighted by atomic mass is 10.0. The van der Waals surface area contributed by atoms with Crippen LogP contribution in [0.1, 0.15) is 41.0 Å². The lowest BCUT2D eigenvalue weighted by Crippen LogP contribution is -2.45. The van der Waals surface area contributed by atoms with Crippen molar-refractivity contribution in [2.75, 3.05) is 14.2 Å². The van der Waals surface area contributed by atoms with E-state index >= 15 is 0 Å². The molecular formula is C22H26N2O5S. The first-order valence-electron chi connectivity index (χ1n) is 9.40. The quantitative estimate of drug-likeness (QED) is 0.591. The number of rotatable bonds is 9. The Balaban J connectivity index is 2.28. The molecule has 0 unspecified atom stereocenters. The summed E-state index contributed by atoms with van der Waals surface area (Å²) in [4.78, 5) is 37.9. The predicted octanol–water partition coefficient (Wildman–Crippen LogP) is 3.27. The van der Waals surface area contributed by atoms with E-state index in [0.717, 1.165) is 11.8 Å². The lowest BCUT2D eigenvalue weighted by molar-refractivity contribution is -0.120. The molecule has 0 spiro atoms. The normalized spacial score (nSPS) is 11.6. The number of thioether (sulfide) groups is 1. The van der Waals surface area contributed by atoms with Gasteiger partial charge in [0, 0.05) is 4.90 Å². The number of nitrogens with one attached hydrogen (secondary N) is 1. The highest BCUT2D eigenvalue weighted by Gasteiger charge is 2.23. The van der Waals surface area contributed by atoms with E-state index in [2.05, 4.69) is 5.32 Å². The number of hydrogen-bond acceptors (Lipinski definition) is 6. The van der Waals surface area contributed by atoms with Crippen molar-refractivity contribution in [3.8, 4) is 11.5 Å². The summed E-state index contributed by atoms with van der Waals surface area (Å²) < 4.78 is 10.5. The molecule has 0 saturated heterocycles. The van der Waals surface area contributed by atoms with Crippen LogP contribution < -0.4 is 20.5 Å². The second-order valence-corrected chi connectivity index (χ2v) is 8.02. The van der Waals surface area contributed by atoms with E-state index in [4.69, 9.17) is 15.2 Å². The van der Waals surface area contributed by atoms with Crippen LogP contribution in [0.4, 0.5) is 0 Å². The number of benzene rings is 2. The van der Waals surface area contributed by atoms with Gasteiger partial charge in [0.2, 0.25) is 11.0 Å².